The summed E-state index contributed by atoms with van der Waals surface area (Å²) in [5, 5.41) is 2.44. The Morgan fingerprint density at radius 2 is 1.75 bits per heavy atom. The molecule has 0 saturated carbocycles. The number of ether oxygens (including phenoxy) is 1. The van der Waals surface area contributed by atoms with Crippen molar-refractivity contribution in [3.8, 4) is 0 Å². The Balaban J connectivity index is 1.80. The van der Waals surface area contributed by atoms with E-state index in [-0.39, 0.29) is 0 Å². The molecule has 12 heavy (non-hydrogen) atoms. The topological polar surface area (TPSA) is 30.3 Å². The van der Waals surface area contributed by atoms with Gasteiger partial charge in [0.05, 0.1) is 32.3 Å². The Morgan fingerprint density at radius 3 is 2.42 bits per heavy atom. The second-order valence-corrected chi connectivity index (χ2v) is 3.91. The van der Waals surface area contributed by atoms with Crippen molar-refractivity contribution in [2.24, 2.45) is 0 Å². The van der Waals surface area contributed by atoms with Gasteiger partial charge in [-0.1, -0.05) is 0 Å². The third kappa shape index (κ3) is 1.97. The van der Waals surface area contributed by atoms with Gasteiger partial charge in [0.1, 0.15) is 13.1 Å². The second-order valence-electron chi connectivity index (χ2n) is 3.91. The van der Waals surface area contributed by atoms with E-state index in [4.69, 9.17) is 4.74 Å². The maximum Gasteiger partial charge on any atom is 0.101 e. The summed E-state index contributed by atoms with van der Waals surface area (Å²) in [5.74, 6) is 0. The summed E-state index contributed by atoms with van der Waals surface area (Å²) >= 11 is 0. The lowest BCUT2D eigenvalue weighted by Crippen LogP contribution is -3.18. The first-order valence-corrected chi connectivity index (χ1v) is 5.21. The predicted octanol–water partition coefficient (Wildman–Crippen LogP) is -2.37. The van der Waals surface area contributed by atoms with Crippen LogP contribution in [0, 0.1) is 0 Å². The molecule has 2 heterocycles. The highest BCUT2D eigenvalue weighted by molar-refractivity contribution is 4.59. The highest BCUT2D eigenvalue weighted by Gasteiger charge is 2.27. The molecule has 0 aliphatic carbocycles. The minimum absolute atomic E-state index is 0.943. The summed E-state index contributed by atoms with van der Waals surface area (Å²) in [6.45, 7) is 7.13. The number of nitrogens with two attached hydrogens (primary N) is 1. The zero-order valence-corrected chi connectivity index (χ0v) is 7.72. The van der Waals surface area contributed by atoms with Gasteiger partial charge in [0.15, 0.2) is 0 Å². The van der Waals surface area contributed by atoms with Crippen LogP contribution in [0.15, 0.2) is 0 Å². The average Bonchev–Trinajstić information content (AvgIpc) is 2.21. The summed E-state index contributed by atoms with van der Waals surface area (Å²) in [5.41, 5.74) is 0. The van der Waals surface area contributed by atoms with Crippen molar-refractivity contribution in [1.29, 1.82) is 0 Å². The quantitative estimate of drug-likeness (QED) is 0.455. The maximum atomic E-state index is 5.36. The van der Waals surface area contributed by atoms with E-state index in [2.05, 4.69) is 5.32 Å². The predicted molar refractivity (Wildman–Crippen MR) is 46.2 cm³/mol. The van der Waals surface area contributed by atoms with E-state index in [1.807, 2.05) is 0 Å². The van der Waals surface area contributed by atoms with Crippen molar-refractivity contribution in [2.75, 3.05) is 39.4 Å². The standard InChI is InChI=1S/C9H18N2O/c1-3-10-4-2-9(1)11-5-7-12-8-6-11/h9-10H,1-8H2/p+2. The Hall–Kier alpha value is -0.120. The molecule has 0 bridgehead atoms. The van der Waals surface area contributed by atoms with Crippen molar-refractivity contribution < 1.29 is 15.0 Å². The van der Waals surface area contributed by atoms with E-state index in [0.29, 0.717) is 0 Å². The van der Waals surface area contributed by atoms with Crippen LogP contribution in [0.2, 0.25) is 0 Å². The van der Waals surface area contributed by atoms with Crippen LogP contribution in [-0.2, 0) is 4.74 Å². The van der Waals surface area contributed by atoms with Crippen molar-refractivity contribution in [3.63, 3.8) is 0 Å². The van der Waals surface area contributed by atoms with Crippen molar-refractivity contribution in [1.82, 2.24) is 0 Å². The smallest absolute Gasteiger partial charge is 0.101 e. The molecular formula is C9H20N2O+2. The van der Waals surface area contributed by atoms with Crippen molar-refractivity contribution in [3.05, 3.63) is 0 Å². The van der Waals surface area contributed by atoms with Crippen molar-refractivity contribution >= 4 is 0 Å². The SMILES string of the molecule is C1CC([NH+]2CCOCC2)CC[NH2+]1. The number of nitrogens with one attached hydrogen (secondary N) is 1. The normalized spacial score (nSPS) is 29.0. The summed E-state index contributed by atoms with van der Waals surface area (Å²) in [6, 6.07) is 0.943. The number of piperidine rings is 1. The summed E-state index contributed by atoms with van der Waals surface area (Å²) in [7, 11) is 0. The molecule has 0 radical (unpaired) electrons. The fraction of sp³-hybridized carbons (Fsp3) is 1.00. The molecule has 0 aromatic carbocycles. The average molecular weight is 172 g/mol. The minimum Gasteiger partial charge on any atom is -0.370 e. The summed E-state index contributed by atoms with van der Waals surface area (Å²) in [6.07, 6.45) is 2.82. The van der Waals surface area contributed by atoms with Crippen LogP contribution in [0.4, 0.5) is 0 Å². The van der Waals surface area contributed by atoms with Crippen LogP contribution in [0.25, 0.3) is 0 Å². The third-order valence-electron chi connectivity index (χ3n) is 3.15. The molecule has 2 aliphatic rings. The molecule has 0 aromatic rings. The molecule has 2 rings (SSSR count). The largest absolute Gasteiger partial charge is 0.370 e. The van der Waals surface area contributed by atoms with E-state index in [9.17, 15) is 0 Å². The van der Waals surface area contributed by atoms with Gasteiger partial charge in [-0.3, -0.25) is 0 Å². The van der Waals surface area contributed by atoms with Crippen LogP contribution in [0.1, 0.15) is 12.8 Å². The first-order valence-electron chi connectivity index (χ1n) is 5.21. The molecule has 0 unspecified atom stereocenters. The van der Waals surface area contributed by atoms with E-state index >= 15 is 0 Å². The molecule has 3 heteroatoms. The van der Waals surface area contributed by atoms with E-state index in [0.717, 1.165) is 19.3 Å². The molecule has 3 nitrogen and oxygen atoms in total. The van der Waals surface area contributed by atoms with Gasteiger partial charge >= 0.3 is 0 Å². The summed E-state index contributed by atoms with van der Waals surface area (Å²) in [4.78, 5) is 1.80. The lowest BCUT2D eigenvalue weighted by molar-refractivity contribution is -0.939. The zero-order chi connectivity index (χ0) is 8.23. The van der Waals surface area contributed by atoms with E-state index in [1.165, 1.54) is 39.0 Å². The van der Waals surface area contributed by atoms with Gasteiger partial charge in [0.25, 0.3) is 0 Å². The van der Waals surface area contributed by atoms with Gasteiger partial charge in [0.2, 0.25) is 0 Å². The van der Waals surface area contributed by atoms with Gasteiger partial charge in [-0.15, -0.1) is 0 Å². The van der Waals surface area contributed by atoms with Crippen LogP contribution in [0.3, 0.4) is 0 Å². The van der Waals surface area contributed by atoms with Gasteiger partial charge in [-0.05, 0) is 0 Å². The fourth-order valence-corrected chi connectivity index (χ4v) is 2.38. The zero-order valence-electron chi connectivity index (χ0n) is 7.72. The summed E-state index contributed by atoms with van der Waals surface area (Å²) < 4.78 is 5.36. The highest BCUT2D eigenvalue weighted by atomic mass is 16.5. The van der Waals surface area contributed by atoms with E-state index in [1.54, 1.807) is 4.90 Å². The van der Waals surface area contributed by atoms with Crippen LogP contribution in [0.5, 0.6) is 0 Å². The monoisotopic (exact) mass is 172 g/mol. The van der Waals surface area contributed by atoms with Crippen molar-refractivity contribution in [2.45, 2.75) is 18.9 Å². The minimum atomic E-state index is 0.943. The lowest BCUT2D eigenvalue weighted by Gasteiger charge is -2.32. The fourth-order valence-electron chi connectivity index (χ4n) is 2.38. The molecule has 0 spiro atoms. The van der Waals surface area contributed by atoms with Gasteiger partial charge in [-0.2, -0.15) is 0 Å². The molecule has 3 N–H and O–H groups in total. The molecule has 0 amide bonds. The van der Waals surface area contributed by atoms with Gasteiger partial charge in [-0.25, -0.2) is 0 Å². The van der Waals surface area contributed by atoms with Gasteiger partial charge < -0.3 is 15.0 Å². The molecular weight excluding hydrogens is 152 g/mol. The Labute approximate surface area is 74.1 Å². The molecule has 2 aliphatic heterocycles. The maximum absolute atomic E-state index is 5.36. The van der Waals surface area contributed by atoms with Crippen LogP contribution >= 0.6 is 0 Å². The number of morpholine rings is 1. The molecule has 70 valence electrons. The lowest BCUT2D eigenvalue weighted by atomic mass is 10.0. The van der Waals surface area contributed by atoms with Crippen LogP contribution in [-0.4, -0.2) is 45.4 Å². The van der Waals surface area contributed by atoms with E-state index < -0.39 is 0 Å². The number of hydrogen-bond donors (Lipinski definition) is 2. The first kappa shape index (κ1) is 8.48. The van der Waals surface area contributed by atoms with Crippen LogP contribution < -0.4 is 10.2 Å². The Bertz CT molecular complexity index is 112. The number of quaternary nitrogens is 2. The highest BCUT2D eigenvalue weighted by Crippen LogP contribution is 1.94. The second kappa shape index (κ2) is 4.21. The third-order valence-corrected chi connectivity index (χ3v) is 3.15. The number of rotatable bonds is 1. The Morgan fingerprint density at radius 1 is 1.08 bits per heavy atom. The number of hydrogen-bond acceptors (Lipinski definition) is 1. The molecule has 2 saturated heterocycles. The molecule has 2 fully saturated rings. The first-order chi connectivity index (χ1) is 5.97. The Kier molecular flexibility index (Phi) is 2.98. The molecule has 0 atom stereocenters. The molecule has 0 aromatic heterocycles. The van der Waals surface area contributed by atoms with Gasteiger partial charge in [0, 0.05) is 12.8 Å².